The second-order valence-corrected chi connectivity index (χ2v) is 5.26. The first-order chi connectivity index (χ1) is 8.52. The molecule has 0 bridgehead atoms. The zero-order valence-corrected chi connectivity index (χ0v) is 12.7. The smallest absolute Gasteiger partial charge is 0.121 e. The van der Waals surface area contributed by atoms with Crippen LogP contribution in [0.15, 0.2) is 21.0 Å². The molecule has 2 heterocycles. The summed E-state index contributed by atoms with van der Waals surface area (Å²) in [5, 5.41) is 7.70. The van der Waals surface area contributed by atoms with Crippen molar-refractivity contribution >= 4 is 15.9 Å². The highest BCUT2D eigenvalue weighted by Crippen LogP contribution is 2.26. The lowest BCUT2D eigenvalue weighted by molar-refractivity contribution is 0.409. The van der Waals surface area contributed by atoms with Crippen molar-refractivity contribution in [3.05, 3.63) is 39.5 Å². The van der Waals surface area contributed by atoms with Crippen molar-refractivity contribution in [3.63, 3.8) is 0 Å². The van der Waals surface area contributed by atoms with Crippen LogP contribution in [0.5, 0.6) is 0 Å². The average molecular weight is 312 g/mol. The molecule has 0 saturated carbocycles. The summed E-state index contributed by atoms with van der Waals surface area (Å²) in [6.07, 6.45) is 0.835. The third kappa shape index (κ3) is 2.52. The van der Waals surface area contributed by atoms with E-state index < -0.39 is 0 Å². The molecule has 0 spiro atoms. The van der Waals surface area contributed by atoms with Crippen LogP contribution in [0.25, 0.3) is 0 Å². The lowest BCUT2D eigenvalue weighted by Gasteiger charge is -2.14. The molecule has 2 aromatic rings. The standard InChI is InChI=1S/C13H18BrN3O/c1-8-5-6-12(18-8)10(15-3)7-11-13(14)9(2)16-17(11)4/h5-6,10,15H,7H2,1-4H3. The first-order valence-electron chi connectivity index (χ1n) is 5.94. The highest BCUT2D eigenvalue weighted by molar-refractivity contribution is 9.10. The maximum absolute atomic E-state index is 5.69. The van der Waals surface area contributed by atoms with Crippen LogP contribution in [0.4, 0.5) is 0 Å². The largest absolute Gasteiger partial charge is 0.465 e. The number of halogens is 1. The molecule has 5 heteroatoms. The minimum Gasteiger partial charge on any atom is -0.465 e. The monoisotopic (exact) mass is 311 g/mol. The van der Waals surface area contributed by atoms with Gasteiger partial charge in [0.2, 0.25) is 0 Å². The van der Waals surface area contributed by atoms with Crippen LogP contribution in [0, 0.1) is 13.8 Å². The Balaban J connectivity index is 2.25. The van der Waals surface area contributed by atoms with Crippen LogP contribution < -0.4 is 5.32 Å². The number of hydrogen-bond donors (Lipinski definition) is 1. The molecule has 0 fully saturated rings. The molecule has 0 aromatic carbocycles. The van der Waals surface area contributed by atoms with Gasteiger partial charge in [0.05, 0.1) is 21.9 Å². The van der Waals surface area contributed by atoms with E-state index in [1.807, 2.05) is 44.8 Å². The van der Waals surface area contributed by atoms with Gasteiger partial charge in [0.15, 0.2) is 0 Å². The quantitative estimate of drug-likeness (QED) is 0.944. The molecule has 2 rings (SSSR count). The van der Waals surface area contributed by atoms with Crippen LogP contribution in [0.3, 0.4) is 0 Å². The molecule has 1 atom stereocenters. The summed E-state index contributed by atoms with van der Waals surface area (Å²) in [5.74, 6) is 1.89. The normalized spacial score (nSPS) is 12.9. The molecule has 1 unspecified atom stereocenters. The van der Waals surface area contributed by atoms with Crippen molar-refractivity contribution < 1.29 is 4.42 Å². The summed E-state index contributed by atoms with van der Waals surface area (Å²) in [6, 6.07) is 4.17. The van der Waals surface area contributed by atoms with Crippen LogP contribution in [-0.4, -0.2) is 16.8 Å². The zero-order chi connectivity index (χ0) is 13.3. The second-order valence-electron chi connectivity index (χ2n) is 4.46. The van der Waals surface area contributed by atoms with Crippen LogP contribution >= 0.6 is 15.9 Å². The van der Waals surface area contributed by atoms with E-state index in [1.54, 1.807) is 0 Å². The van der Waals surface area contributed by atoms with Crippen LogP contribution in [0.1, 0.15) is 29.0 Å². The van der Waals surface area contributed by atoms with Gasteiger partial charge in [-0.25, -0.2) is 0 Å². The topological polar surface area (TPSA) is 43.0 Å². The van der Waals surface area contributed by atoms with Crippen LogP contribution in [-0.2, 0) is 13.5 Å². The molecule has 98 valence electrons. The highest BCUT2D eigenvalue weighted by atomic mass is 79.9. The number of furan rings is 1. The fourth-order valence-electron chi connectivity index (χ4n) is 2.08. The zero-order valence-electron chi connectivity index (χ0n) is 11.1. The van der Waals surface area contributed by atoms with Gasteiger partial charge in [0.1, 0.15) is 11.5 Å². The van der Waals surface area contributed by atoms with Crippen molar-refractivity contribution in [2.24, 2.45) is 7.05 Å². The lowest BCUT2D eigenvalue weighted by atomic mass is 10.1. The Bertz CT molecular complexity index is 544. The number of nitrogens with one attached hydrogen (secondary N) is 1. The summed E-state index contributed by atoms with van der Waals surface area (Å²) < 4.78 is 8.68. The number of hydrogen-bond acceptors (Lipinski definition) is 3. The fraction of sp³-hybridized carbons (Fsp3) is 0.462. The third-order valence-electron chi connectivity index (χ3n) is 3.11. The molecule has 0 aliphatic rings. The van der Waals surface area contributed by atoms with Crippen LogP contribution in [0.2, 0.25) is 0 Å². The molecule has 0 aliphatic carbocycles. The maximum atomic E-state index is 5.69. The predicted molar refractivity (Wildman–Crippen MR) is 74.6 cm³/mol. The summed E-state index contributed by atoms with van der Waals surface area (Å²) >= 11 is 3.59. The molecule has 1 N–H and O–H groups in total. The molecule has 4 nitrogen and oxygen atoms in total. The van der Waals surface area contributed by atoms with Gasteiger partial charge in [-0.2, -0.15) is 5.10 Å². The van der Waals surface area contributed by atoms with Crippen molar-refractivity contribution in [1.82, 2.24) is 15.1 Å². The Labute approximate surface area is 115 Å². The summed E-state index contributed by atoms with van der Waals surface area (Å²) in [5.41, 5.74) is 2.18. The number of rotatable bonds is 4. The number of nitrogens with zero attached hydrogens (tertiary/aromatic N) is 2. The summed E-state index contributed by atoms with van der Waals surface area (Å²) in [4.78, 5) is 0. The number of aromatic nitrogens is 2. The predicted octanol–water partition coefficient (Wildman–Crippen LogP) is 2.90. The Morgan fingerprint density at radius 3 is 2.61 bits per heavy atom. The lowest BCUT2D eigenvalue weighted by Crippen LogP contribution is -2.19. The van der Waals surface area contributed by atoms with Gasteiger partial charge >= 0.3 is 0 Å². The SMILES string of the molecule is CNC(Cc1c(Br)c(C)nn1C)c1ccc(C)o1. The minimum atomic E-state index is 0.157. The molecule has 0 saturated heterocycles. The van der Waals surface area contributed by atoms with E-state index >= 15 is 0 Å². The third-order valence-corrected chi connectivity index (χ3v) is 4.14. The fourth-order valence-corrected chi connectivity index (χ4v) is 2.58. The maximum Gasteiger partial charge on any atom is 0.121 e. The van der Waals surface area contributed by atoms with Crippen molar-refractivity contribution in [1.29, 1.82) is 0 Å². The van der Waals surface area contributed by atoms with Crippen molar-refractivity contribution in [3.8, 4) is 0 Å². The van der Waals surface area contributed by atoms with Gasteiger partial charge in [0, 0.05) is 13.5 Å². The van der Waals surface area contributed by atoms with Gasteiger partial charge in [-0.1, -0.05) is 0 Å². The van der Waals surface area contributed by atoms with E-state index in [1.165, 1.54) is 5.69 Å². The number of likely N-dealkylation sites (N-methyl/N-ethyl adjacent to an activating group) is 1. The Kier molecular flexibility index (Phi) is 3.92. The first-order valence-corrected chi connectivity index (χ1v) is 6.73. The van der Waals surface area contributed by atoms with Gasteiger partial charge in [0.25, 0.3) is 0 Å². The van der Waals surface area contributed by atoms with Crippen molar-refractivity contribution in [2.75, 3.05) is 7.05 Å². The van der Waals surface area contributed by atoms with Gasteiger partial charge in [-0.15, -0.1) is 0 Å². The van der Waals surface area contributed by atoms with E-state index in [4.69, 9.17) is 4.42 Å². The Morgan fingerprint density at radius 1 is 1.44 bits per heavy atom. The minimum absolute atomic E-state index is 0.157. The molecule has 2 aromatic heterocycles. The van der Waals surface area contributed by atoms with E-state index in [-0.39, 0.29) is 6.04 Å². The Morgan fingerprint density at radius 2 is 2.17 bits per heavy atom. The molecular formula is C13H18BrN3O. The van der Waals surface area contributed by atoms with E-state index in [9.17, 15) is 0 Å². The van der Waals surface area contributed by atoms with E-state index in [2.05, 4.69) is 26.3 Å². The first kappa shape index (κ1) is 13.4. The van der Waals surface area contributed by atoms with Gasteiger partial charge in [-0.05, 0) is 49.0 Å². The van der Waals surface area contributed by atoms with Crippen molar-refractivity contribution in [2.45, 2.75) is 26.3 Å². The van der Waals surface area contributed by atoms with Gasteiger partial charge < -0.3 is 9.73 Å². The number of aryl methyl sites for hydroxylation is 3. The highest BCUT2D eigenvalue weighted by Gasteiger charge is 2.19. The Hall–Kier alpha value is -1.07. The van der Waals surface area contributed by atoms with E-state index in [0.717, 1.165) is 28.1 Å². The molecule has 0 aliphatic heterocycles. The van der Waals surface area contributed by atoms with Gasteiger partial charge in [-0.3, -0.25) is 4.68 Å². The molecule has 0 radical (unpaired) electrons. The van der Waals surface area contributed by atoms with E-state index in [0.29, 0.717) is 0 Å². The molecule has 18 heavy (non-hydrogen) atoms. The summed E-state index contributed by atoms with van der Waals surface area (Å²) in [6.45, 7) is 3.96. The average Bonchev–Trinajstić information content (AvgIpc) is 2.84. The molecule has 0 amide bonds. The second kappa shape index (κ2) is 5.28. The summed E-state index contributed by atoms with van der Waals surface area (Å²) in [7, 11) is 3.91. The molecular weight excluding hydrogens is 294 g/mol.